The number of nitrogens with one attached hydrogen (secondary N) is 1. The molecule has 2 aromatic rings. The van der Waals surface area contributed by atoms with Crippen LogP contribution in [0.1, 0.15) is 23.6 Å². The minimum Gasteiger partial charge on any atom is -0.486 e. The van der Waals surface area contributed by atoms with E-state index in [9.17, 15) is 9.59 Å². The van der Waals surface area contributed by atoms with Crippen LogP contribution in [0.5, 0.6) is 11.5 Å². The van der Waals surface area contributed by atoms with Gasteiger partial charge in [-0.25, -0.2) is 4.79 Å². The molecule has 0 radical (unpaired) electrons. The van der Waals surface area contributed by atoms with Gasteiger partial charge in [-0.3, -0.25) is 9.69 Å². The van der Waals surface area contributed by atoms with Gasteiger partial charge in [0.25, 0.3) is 5.91 Å². The molecule has 26 heavy (non-hydrogen) atoms. The van der Waals surface area contributed by atoms with Crippen molar-refractivity contribution < 1.29 is 19.1 Å². The Morgan fingerprint density at radius 2 is 1.81 bits per heavy atom. The third-order valence-electron chi connectivity index (χ3n) is 4.98. The SMILES string of the molecule is Cc1ccccc1CN1C(=O)NC(C)(c2ccc3c(c2)OCCO3)C1=O. The van der Waals surface area contributed by atoms with Crippen molar-refractivity contribution >= 4 is 11.9 Å². The molecule has 1 saturated heterocycles. The summed E-state index contributed by atoms with van der Waals surface area (Å²) in [5.41, 5.74) is 1.53. The first-order valence-corrected chi connectivity index (χ1v) is 8.58. The lowest BCUT2D eigenvalue weighted by molar-refractivity contribution is -0.131. The van der Waals surface area contributed by atoms with Gasteiger partial charge in [0.1, 0.15) is 18.8 Å². The van der Waals surface area contributed by atoms with Gasteiger partial charge in [-0.05, 0) is 42.7 Å². The summed E-state index contributed by atoms with van der Waals surface area (Å²) in [4.78, 5) is 26.9. The number of hydrogen-bond acceptors (Lipinski definition) is 4. The largest absolute Gasteiger partial charge is 0.486 e. The zero-order chi connectivity index (χ0) is 18.3. The average Bonchev–Trinajstić information content (AvgIpc) is 2.87. The summed E-state index contributed by atoms with van der Waals surface area (Å²) >= 11 is 0. The van der Waals surface area contributed by atoms with Gasteiger partial charge < -0.3 is 14.8 Å². The first-order chi connectivity index (χ1) is 12.5. The Morgan fingerprint density at radius 1 is 1.08 bits per heavy atom. The summed E-state index contributed by atoms with van der Waals surface area (Å²) in [6.45, 7) is 4.90. The molecule has 3 amide bonds. The molecular formula is C20H20N2O4. The molecular weight excluding hydrogens is 332 g/mol. The van der Waals surface area contributed by atoms with Crippen LogP contribution in [0.15, 0.2) is 42.5 Å². The van der Waals surface area contributed by atoms with Crippen molar-refractivity contribution in [3.05, 3.63) is 59.2 Å². The number of nitrogens with zero attached hydrogens (tertiary/aromatic N) is 1. The lowest BCUT2D eigenvalue weighted by Gasteiger charge is -2.25. The number of benzene rings is 2. The van der Waals surface area contributed by atoms with Crippen LogP contribution in [0.25, 0.3) is 0 Å². The Morgan fingerprint density at radius 3 is 2.58 bits per heavy atom. The van der Waals surface area contributed by atoms with Crippen molar-refractivity contribution in [3.8, 4) is 11.5 Å². The predicted molar refractivity (Wildman–Crippen MR) is 95.0 cm³/mol. The fourth-order valence-electron chi connectivity index (χ4n) is 3.35. The molecule has 1 fully saturated rings. The summed E-state index contributed by atoms with van der Waals surface area (Å²) in [5, 5.41) is 2.83. The van der Waals surface area contributed by atoms with Gasteiger partial charge >= 0.3 is 6.03 Å². The summed E-state index contributed by atoms with van der Waals surface area (Å²) in [6, 6.07) is 12.7. The van der Waals surface area contributed by atoms with E-state index in [1.54, 1.807) is 25.1 Å². The maximum Gasteiger partial charge on any atom is 0.325 e. The highest BCUT2D eigenvalue weighted by molar-refractivity contribution is 6.07. The number of ether oxygens (including phenoxy) is 2. The highest BCUT2D eigenvalue weighted by atomic mass is 16.6. The third-order valence-corrected chi connectivity index (χ3v) is 4.98. The Hall–Kier alpha value is -3.02. The molecule has 1 atom stereocenters. The van der Waals surface area contributed by atoms with Gasteiger partial charge in [0.15, 0.2) is 11.5 Å². The second-order valence-electron chi connectivity index (χ2n) is 6.73. The first kappa shape index (κ1) is 16.4. The molecule has 2 aliphatic rings. The van der Waals surface area contributed by atoms with Crippen molar-refractivity contribution in [2.45, 2.75) is 25.9 Å². The van der Waals surface area contributed by atoms with Crippen LogP contribution >= 0.6 is 0 Å². The Kier molecular flexibility index (Phi) is 3.83. The zero-order valence-electron chi connectivity index (χ0n) is 14.7. The second kappa shape index (κ2) is 6.05. The van der Waals surface area contributed by atoms with Gasteiger partial charge in [-0.1, -0.05) is 30.3 Å². The van der Waals surface area contributed by atoms with E-state index in [1.807, 2.05) is 31.2 Å². The number of amides is 3. The fourth-order valence-corrected chi connectivity index (χ4v) is 3.35. The van der Waals surface area contributed by atoms with Crippen LogP contribution in [-0.4, -0.2) is 30.1 Å². The van der Waals surface area contributed by atoms with E-state index in [-0.39, 0.29) is 12.5 Å². The smallest absolute Gasteiger partial charge is 0.325 e. The summed E-state index contributed by atoms with van der Waals surface area (Å²) in [7, 11) is 0. The minimum absolute atomic E-state index is 0.248. The second-order valence-corrected chi connectivity index (χ2v) is 6.73. The van der Waals surface area contributed by atoms with Crippen molar-refractivity contribution in [2.75, 3.05) is 13.2 Å². The standard InChI is InChI=1S/C20H20N2O4/c1-13-5-3-4-6-14(13)12-22-18(23)20(2,21-19(22)24)15-7-8-16-17(11-15)26-10-9-25-16/h3-8,11H,9-10,12H2,1-2H3,(H,21,24). The maximum absolute atomic E-state index is 13.1. The molecule has 2 heterocycles. The summed E-state index contributed by atoms with van der Waals surface area (Å²) in [6.07, 6.45) is 0. The van der Waals surface area contributed by atoms with E-state index >= 15 is 0 Å². The molecule has 0 bridgehead atoms. The Bertz CT molecular complexity index is 895. The summed E-state index contributed by atoms with van der Waals surface area (Å²) in [5.74, 6) is 0.967. The van der Waals surface area contributed by atoms with Crippen LogP contribution in [0.3, 0.4) is 0 Å². The monoisotopic (exact) mass is 352 g/mol. The Labute approximate surface area is 151 Å². The van der Waals surface area contributed by atoms with Crippen molar-refractivity contribution in [2.24, 2.45) is 0 Å². The molecule has 6 nitrogen and oxygen atoms in total. The third kappa shape index (κ3) is 2.58. The molecule has 0 aliphatic carbocycles. The van der Waals surface area contributed by atoms with Gasteiger partial charge in [0.2, 0.25) is 0 Å². The fraction of sp³-hybridized carbons (Fsp3) is 0.300. The zero-order valence-corrected chi connectivity index (χ0v) is 14.7. The number of imide groups is 1. The highest BCUT2D eigenvalue weighted by Gasteiger charge is 2.49. The van der Waals surface area contributed by atoms with E-state index in [0.717, 1.165) is 11.1 Å². The quantitative estimate of drug-likeness (QED) is 0.863. The van der Waals surface area contributed by atoms with E-state index in [0.29, 0.717) is 30.3 Å². The predicted octanol–water partition coefficient (Wildman–Crippen LogP) is 2.73. The van der Waals surface area contributed by atoms with Crippen LogP contribution in [0, 0.1) is 6.92 Å². The van der Waals surface area contributed by atoms with Gasteiger partial charge in [-0.15, -0.1) is 0 Å². The highest BCUT2D eigenvalue weighted by Crippen LogP contribution is 2.37. The van der Waals surface area contributed by atoms with Gasteiger partial charge in [0, 0.05) is 0 Å². The maximum atomic E-state index is 13.1. The number of carbonyl (C=O) groups excluding carboxylic acids is 2. The molecule has 2 aromatic carbocycles. The molecule has 0 spiro atoms. The van der Waals surface area contributed by atoms with Gasteiger partial charge in [-0.2, -0.15) is 0 Å². The van der Waals surface area contributed by atoms with E-state index < -0.39 is 11.6 Å². The first-order valence-electron chi connectivity index (χ1n) is 8.58. The molecule has 0 aromatic heterocycles. The van der Waals surface area contributed by atoms with Crippen molar-refractivity contribution in [3.63, 3.8) is 0 Å². The molecule has 134 valence electrons. The lowest BCUT2D eigenvalue weighted by Crippen LogP contribution is -2.41. The van der Waals surface area contributed by atoms with Gasteiger partial charge in [0.05, 0.1) is 6.54 Å². The van der Waals surface area contributed by atoms with E-state index in [2.05, 4.69) is 5.32 Å². The van der Waals surface area contributed by atoms with Crippen LogP contribution in [-0.2, 0) is 16.9 Å². The average molecular weight is 352 g/mol. The number of aryl methyl sites for hydroxylation is 1. The topological polar surface area (TPSA) is 67.9 Å². The van der Waals surface area contributed by atoms with Crippen LogP contribution < -0.4 is 14.8 Å². The molecule has 6 heteroatoms. The molecule has 4 rings (SSSR count). The van der Waals surface area contributed by atoms with Crippen molar-refractivity contribution in [1.82, 2.24) is 10.2 Å². The van der Waals surface area contributed by atoms with Crippen LogP contribution in [0.2, 0.25) is 0 Å². The Balaban J connectivity index is 1.64. The van der Waals surface area contributed by atoms with Crippen molar-refractivity contribution in [1.29, 1.82) is 0 Å². The number of rotatable bonds is 3. The molecule has 2 aliphatic heterocycles. The molecule has 0 saturated carbocycles. The number of urea groups is 1. The molecule has 1 N–H and O–H groups in total. The number of carbonyl (C=O) groups is 2. The number of hydrogen-bond donors (Lipinski definition) is 1. The number of fused-ring (bicyclic) bond motifs is 1. The van der Waals surface area contributed by atoms with Crippen LogP contribution in [0.4, 0.5) is 4.79 Å². The summed E-state index contributed by atoms with van der Waals surface area (Å²) < 4.78 is 11.1. The molecule has 1 unspecified atom stereocenters. The minimum atomic E-state index is -1.13. The lowest BCUT2D eigenvalue weighted by atomic mass is 9.91. The van der Waals surface area contributed by atoms with E-state index in [4.69, 9.17) is 9.47 Å². The normalized spacial score (nSPS) is 21.7. The van der Waals surface area contributed by atoms with E-state index in [1.165, 1.54) is 4.90 Å².